The molecule has 51 heavy (non-hydrogen) atoms. The third-order valence-corrected chi connectivity index (χ3v) is 8.46. The zero-order valence-corrected chi connectivity index (χ0v) is 30.0. The second-order valence-corrected chi connectivity index (χ2v) is 14.0. The Kier molecular flexibility index (Phi) is 11.7. The van der Waals surface area contributed by atoms with Crippen molar-refractivity contribution in [3.8, 4) is 28.7 Å². The van der Waals surface area contributed by atoms with Gasteiger partial charge in [-0.05, 0) is 92.8 Å². The first-order chi connectivity index (χ1) is 24.3. The summed E-state index contributed by atoms with van der Waals surface area (Å²) in [6.07, 6.45) is 6.22. The largest absolute Gasteiger partial charge is 0.380 e. The zero-order valence-electron chi connectivity index (χ0n) is 26.1. The number of nitrogens with two attached hydrogens (primary N) is 2. The van der Waals surface area contributed by atoms with Gasteiger partial charge in [0.2, 0.25) is 0 Å². The minimum absolute atomic E-state index is 0.0123. The van der Waals surface area contributed by atoms with Gasteiger partial charge in [0, 0.05) is 0 Å². The van der Waals surface area contributed by atoms with Gasteiger partial charge in [-0.15, -0.1) is 10.2 Å². The molecule has 4 N–H and O–H groups in total. The lowest BCUT2D eigenvalue weighted by Crippen LogP contribution is -2.27. The van der Waals surface area contributed by atoms with E-state index >= 15 is 0 Å². The second-order valence-electron chi connectivity index (χ2n) is 10.4. The molecule has 20 heteroatoms. The lowest BCUT2D eigenvalue weighted by molar-refractivity contribution is 0.485. The molecule has 0 saturated carbocycles. The predicted octanol–water partition coefficient (Wildman–Crippen LogP) is 4.19. The van der Waals surface area contributed by atoms with Crippen molar-refractivity contribution in [2.75, 3.05) is 5.01 Å². The molecule has 0 saturated heterocycles. The van der Waals surface area contributed by atoms with E-state index in [2.05, 4.69) is 46.5 Å². The van der Waals surface area contributed by atoms with Crippen LogP contribution < -0.4 is 23.7 Å². The minimum atomic E-state index is -4.11. The lowest BCUT2D eigenvalue weighted by atomic mass is 10.0. The molecule has 6 rings (SSSR count). The monoisotopic (exact) mass is 812 g/mol. The summed E-state index contributed by atoms with van der Waals surface area (Å²) in [5.74, 6) is 0.0807. The molecule has 0 unspecified atom stereocenters. The van der Waals surface area contributed by atoms with Gasteiger partial charge in [-0.3, -0.25) is 5.01 Å². The van der Waals surface area contributed by atoms with Gasteiger partial charge in [0.1, 0.15) is 25.3 Å². The Balaban J connectivity index is 0.000000199. The van der Waals surface area contributed by atoms with Gasteiger partial charge in [0.15, 0.2) is 11.5 Å². The third kappa shape index (κ3) is 10.8. The predicted molar refractivity (Wildman–Crippen MR) is 190 cm³/mol. The van der Waals surface area contributed by atoms with Crippen LogP contribution in [-0.2, 0) is 33.7 Å². The highest BCUT2D eigenvalue weighted by Gasteiger charge is 2.14. The van der Waals surface area contributed by atoms with Gasteiger partial charge in [-0.2, -0.15) is 37.5 Å². The Bertz CT molecular complexity index is 2370. The summed E-state index contributed by atoms with van der Waals surface area (Å²) in [7, 11) is -8.22. The number of rotatable bonds is 11. The molecule has 0 atom stereocenters. The molecule has 0 aliphatic carbocycles. The van der Waals surface area contributed by atoms with E-state index in [0.29, 0.717) is 23.1 Å². The maximum absolute atomic E-state index is 11.1. The molecule has 6 aromatic rings. The molecule has 0 aliphatic heterocycles. The standard InChI is InChI=1S/C16H13BrN6O3S.C15H13ClN4O3S/c17-15-7-13(3-6-16(15)26-27(19,24)25)9-23(22-10-20-21-11-22)14-4-1-12(8-18)2-5-14;16-14-7-13(4-5-15(14)23-24(17,21)22)12-3-1-2-11(6-12)8-20-10-18-9-19-20/h1-7,10-11H,9H2,(H2,19,24,25);1-7,9-10H,8H2,(H2,17,21,22). The molecule has 0 spiro atoms. The number of anilines is 1. The molecule has 262 valence electrons. The summed E-state index contributed by atoms with van der Waals surface area (Å²) in [5.41, 5.74) is 5.00. The van der Waals surface area contributed by atoms with E-state index in [0.717, 1.165) is 27.9 Å². The maximum atomic E-state index is 11.1. The number of hydrogen-bond acceptors (Lipinski definition) is 12. The van der Waals surface area contributed by atoms with Crippen molar-refractivity contribution in [2.45, 2.75) is 13.1 Å². The number of aromatic nitrogens is 6. The highest BCUT2D eigenvalue weighted by Crippen LogP contribution is 2.32. The molecule has 0 bridgehead atoms. The molecular formula is C31H26BrClN10O6S2. The lowest BCUT2D eigenvalue weighted by Gasteiger charge is -2.25. The van der Waals surface area contributed by atoms with Crippen LogP contribution in [0.4, 0.5) is 5.69 Å². The van der Waals surface area contributed by atoms with E-state index in [1.807, 2.05) is 41.4 Å². The fourth-order valence-corrected chi connectivity index (χ4v) is 6.24. The summed E-state index contributed by atoms with van der Waals surface area (Å²) >= 11 is 9.36. The smallest absolute Gasteiger partial charge is 0.370 e. The van der Waals surface area contributed by atoms with Crippen LogP contribution in [0.3, 0.4) is 0 Å². The minimum Gasteiger partial charge on any atom is -0.370 e. The van der Waals surface area contributed by atoms with Gasteiger partial charge >= 0.3 is 20.6 Å². The Morgan fingerprint density at radius 2 is 1.49 bits per heavy atom. The summed E-state index contributed by atoms with van der Waals surface area (Å²) < 4.78 is 57.3. The van der Waals surface area contributed by atoms with Gasteiger partial charge in [-0.1, -0.05) is 41.9 Å². The summed E-state index contributed by atoms with van der Waals surface area (Å²) in [6.45, 7) is 1.01. The van der Waals surface area contributed by atoms with Crippen molar-refractivity contribution in [3.63, 3.8) is 0 Å². The topological polar surface area (TPSA) is 227 Å². The van der Waals surface area contributed by atoms with E-state index in [1.54, 1.807) is 64.7 Å². The molecule has 0 fully saturated rings. The molecule has 0 aliphatic rings. The summed E-state index contributed by atoms with van der Waals surface area (Å²) in [4.78, 5) is 3.91. The van der Waals surface area contributed by atoms with Gasteiger partial charge in [0.05, 0.1) is 39.9 Å². The van der Waals surface area contributed by atoms with Crippen LogP contribution >= 0.6 is 27.5 Å². The van der Waals surface area contributed by atoms with E-state index in [-0.39, 0.29) is 16.5 Å². The number of nitriles is 1. The van der Waals surface area contributed by atoms with Crippen molar-refractivity contribution in [1.29, 1.82) is 5.26 Å². The zero-order chi connectivity index (χ0) is 36.6. The number of nitrogens with zero attached hydrogens (tertiary/aromatic N) is 8. The Hall–Kier alpha value is -5.36. The third-order valence-electron chi connectivity index (χ3n) is 6.72. The highest BCUT2D eigenvalue weighted by molar-refractivity contribution is 9.10. The Morgan fingerprint density at radius 3 is 2.10 bits per heavy atom. The maximum Gasteiger partial charge on any atom is 0.380 e. The van der Waals surface area contributed by atoms with Crippen LogP contribution in [0.5, 0.6) is 11.5 Å². The fourth-order valence-electron chi connectivity index (χ4n) is 4.57. The van der Waals surface area contributed by atoms with Crippen LogP contribution in [-0.4, -0.2) is 46.5 Å². The quantitative estimate of drug-likeness (QED) is 0.188. The molecule has 2 aromatic heterocycles. The Labute approximate surface area is 306 Å². The van der Waals surface area contributed by atoms with Crippen molar-refractivity contribution < 1.29 is 25.2 Å². The van der Waals surface area contributed by atoms with Gasteiger partial charge < -0.3 is 8.37 Å². The van der Waals surface area contributed by atoms with Gasteiger partial charge in [0.25, 0.3) is 0 Å². The summed E-state index contributed by atoms with van der Waals surface area (Å²) in [5, 5.41) is 32.5. The molecule has 2 heterocycles. The Morgan fingerprint density at radius 1 is 0.824 bits per heavy atom. The SMILES string of the molecule is N#Cc1ccc(N(Cc2ccc(OS(N)(=O)=O)c(Br)c2)n2cnnc2)cc1.NS(=O)(=O)Oc1ccc(-c2cccc(Cn3cncn3)c2)cc1Cl. The van der Waals surface area contributed by atoms with Crippen LogP contribution in [0.1, 0.15) is 16.7 Å². The normalized spacial score (nSPS) is 11.2. The van der Waals surface area contributed by atoms with Gasteiger partial charge in [-0.25, -0.2) is 14.3 Å². The molecular weight excluding hydrogens is 788 g/mol. The highest BCUT2D eigenvalue weighted by atomic mass is 79.9. The van der Waals surface area contributed by atoms with E-state index in [1.165, 1.54) is 18.5 Å². The molecule has 16 nitrogen and oxygen atoms in total. The van der Waals surface area contributed by atoms with E-state index in [4.69, 9.17) is 31.3 Å². The first kappa shape index (κ1) is 36.9. The van der Waals surface area contributed by atoms with Crippen molar-refractivity contribution in [1.82, 2.24) is 29.6 Å². The number of hydrogen-bond donors (Lipinski definition) is 2. The van der Waals surface area contributed by atoms with Crippen molar-refractivity contribution >= 4 is 53.8 Å². The second kappa shape index (κ2) is 16.1. The van der Waals surface area contributed by atoms with Crippen molar-refractivity contribution in [3.05, 3.63) is 136 Å². The van der Waals surface area contributed by atoms with Crippen LogP contribution in [0.25, 0.3) is 11.1 Å². The van der Waals surface area contributed by atoms with Crippen LogP contribution in [0.15, 0.2) is 115 Å². The molecule has 4 aromatic carbocycles. The van der Waals surface area contributed by atoms with E-state index < -0.39 is 20.6 Å². The van der Waals surface area contributed by atoms with Crippen molar-refractivity contribution in [2.24, 2.45) is 10.3 Å². The first-order valence-electron chi connectivity index (χ1n) is 14.3. The average Bonchev–Trinajstić information content (AvgIpc) is 3.81. The summed E-state index contributed by atoms with van der Waals surface area (Å²) in [6, 6.07) is 26.7. The molecule has 0 radical (unpaired) electrons. The van der Waals surface area contributed by atoms with Crippen LogP contribution in [0, 0.1) is 11.3 Å². The number of halogens is 2. The van der Waals surface area contributed by atoms with E-state index in [9.17, 15) is 16.8 Å². The fraction of sp³-hybridized carbons (Fsp3) is 0.0645. The first-order valence-corrected chi connectivity index (χ1v) is 18.4. The number of benzene rings is 4. The van der Waals surface area contributed by atoms with Crippen LogP contribution in [0.2, 0.25) is 5.02 Å². The average molecular weight is 814 g/mol. The molecule has 0 amide bonds.